The van der Waals surface area contributed by atoms with E-state index in [0.29, 0.717) is 22.0 Å². The van der Waals surface area contributed by atoms with Crippen molar-refractivity contribution in [3.05, 3.63) is 48.0 Å². The van der Waals surface area contributed by atoms with Crippen LogP contribution in [0.4, 0.5) is 5.69 Å². The molecule has 11 heteroatoms. The summed E-state index contributed by atoms with van der Waals surface area (Å²) in [6.07, 6.45) is 0. The number of aromatic nitrogens is 4. The van der Waals surface area contributed by atoms with Crippen molar-refractivity contribution in [2.75, 3.05) is 25.2 Å². The Kier molecular flexibility index (Phi) is 5.65. The molecule has 9 nitrogen and oxygen atoms in total. The van der Waals surface area contributed by atoms with Crippen molar-refractivity contribution in [1.29, 1.82) is 0 Å². The molecule has 4 rings (SSSR count). The number of rotatable bonds is 6. The average Bonchev–Trinajstić information content (AvgIpc) is 3.11. The van der Waals surface area contributed by atoms with E-state index in [1.165, 1.54) is 26.2 Å². The first kappa shape index (κ1) is 21.2. The number of sulfonamides is 1. The number of aryl methyl sites for hydroxylation is 1. The quantitative estimate of drug-likeness (QED) is 0.428. The third-order valence-corrected chi connectivity index (χ3v) is 7.35. The number of aromatic amines is 1. The third-order valence-electron chi connectivity index (χ3n) is 4.70. The molecule has 4 aromatic rings. The lowest BCUT2D eigenvalue weighted by Crippen LogP contribution is -2.22. The van der Waals surface area contributed by atoms with Crippen LogP contribution in [0.3, 0.4) is 0 Å². The van der Waals surface area contributed by atoms with Gasteiger partial charge in [-0.3, -0.25) is 4.79 Å². The van der Waals surface area contributed by atoms with Crippen LogP contribution in [0.25, 0.3) is 22.1 Å². The Labute approximate surface area is 183 Å². The fraction of sp³-hybridized carbons (Fsp3) is 0.200. The predicted molar refractivity (Wildman–Crippen MR) is 121 cm³/mol. The second kappa shape index (κ2) is 8.25. The smallest absolute Gasteiger partial charge is 0.242 e. The van der Waals surface area contributed by atoms with Gasteiger partial charge >= 0.3 is 0 Å². The van der Waals surface area contributed by atoms with Gasteiger partial charge in [0.25, 0.3) is 0 Å². The van der Waals surface area contributed by atoms with Gasteiger partial charge in [0.2, 0.25) is 21.1 Å². The number of carbonyl (C=O) groups is 1. The van der Waals surface area contributed by atoms with Gasteiger partial charge < -0.3 is 10.3 Å². The van der Waals surface area contributed by atoms with E-state index in [2.05, 4.69) is 25.5 Å². The number of H-pyrrole nitrogens is 1. The van der Waals surface area contributed by atoms with Crippen LogP contribution < -0.4 is 5.32 Å². The Morgan fingerprint density at radius 3 is 2.71 bits per heavy atom. The molecule has 0 spiro atoms. The average molecular weight is 457 g/mol. The van der Waals surface area contributed by atoms with Crippen LogP contribution in [0.5, 0.6) is 0 Å². The number of benzene rings is 2. The minimum atomic E-state index is -3.59. The molecule has 1 amide bonds. The molecule has 31 heavy (non-hydrogen) atoms. The van der Waals surface area contributed by atoms with Gasteiger partial charge in [-0.2, -0.15) is 0 Å². The fourth-order valence-corrected chi connectivity index (χ4v) is 4.51. The second-order valence-corrected chi connectivity index (χ2v) is 10.2. The lowest BCUT2D eigenvalue weighted by atomic mass is 10.2. The zero-order valence-electron chi connectivity index (χ0n) is 17.1. The van der Waals surface area contributed by atoms with Gasteiger partial charge in [0, 0.05) is 30.7 Å². The summed E-state index contributed by atoms with van der Waals surface area (Å²) in [5.41, 5.74) is 3.41. The minimum Gasteiger partial charge on any atom is -0.338 e. The summed E-state index contributed by atoms with van der Waals surface area (Å²) in [5, 5.41) is 12.4. The van der Waals surface area contributed by atoms with Crippen molar-refractivity contribution in [1.82, 2.24) is 24.5 Å². The molecule has 0 fully saturated rings. The molecular formula is C20H20N6O3S2. The zero-order chi connectivity index (χ0) is 22.2. The molecule has 2 heterocycles. The highest BCUT2D eigenvalue weighted by Gasteiger charge is 2.19. The molecule has 160 valence electrons. The Morgan fingerprint density at radius 1 is 1.16 bits per heavy atom. The summed E-state index contributed by atoms with van der Waals surface area (Å²) in [4.78, 5) is 20.2. The van der Waals surface area contributed by atoms with Crippen LogP contribution in [0.15, 0.2) is 52.5 Å². The Balaban J connectivity index is 1.48. The van der Waals surface area contributed by atoms with E-state index >= 15 is 0 Å². The number of amides is 1. The molecule has 0 radical (unpaired) electrons. The van der Waals surface area contributed by atoms with Gasteiger partial charge in [0.1, 0.15) is 5.52 Å². The Bertz CT molecular complexity index is 1400. The van der Waals surface area contributed by atoms with Gasteiger partial charge in [-0.15, -0.1) is 10.2 Å². The van der Waals surface area contributed by atoms with Crippen molar-refractivity contribution >= 4 is 55.4 Å². The molecular weight excluding hydrogens is 436 g/mol. The van der Waals surface area contributed by atoms with E-state index < -0.39 is 10.0 Å². The van der Waals surface area contributed by atoms with Crippen molar-refractivity contribution < 1.29 is 13.2 Å². The van der Waals surface area contributed by atoms with Crippen LogP contribution in [0.2, 0.25) is 0 Å². The minimum absolute atomic E-state index is 0.0531. The maximum absolute atomic E-state index is 12.5. The van der Waals surface area contributed by atoms with Crippen molar-refractivity contribution in [3.8, 4) is 0 Å². The number of carbonyl (C=O) groups excluding carboxylic acids is 1. The Morgan fingerprint density at radius 2 is 1.94 bits per heavy atom. The summed E-state index contributed by atoms with van der Waals surface area (Å²) in [6.45, 7) is 1.80. The van der Waals surface area contributed by atoms with Crippen molar-refractivity contribution in [3.63, 3.8) is 0 Å². The molecule has 0 saturated heterocycles. The first-order valence-electron chi connectivity index (χ1n) is 9.32. The van der Waals surface area contributed by atoms with Gasteiger partial charge in [0.05, 0.1) is 10.6 Å². The molecule has 0 aliphatic heterocycles. The first-order valence-corrected chi connectivity index (χ1v) is 11.8. The number of anilines is 1. The Hall–Kier alpha value is -3.02. The maximum Gasteiger partial charge on any atom is 0.242 e. The molecule has 2 aromatic carbocycles. The van der Waals surface area contributed by atoms with Gasteiger partial charge in [-0.1, -0.05) is 36.0 Å². The lowest BCUT2D eigenvalue weighted by Gasteiger charge is -2.14. The molecule has 2 N–H and O–H groups in total. The molecule has 2 aromatic heterocycles. The number of hydrogen-bond donors (Lipinski definition) is 2. The van der Waals surface area contributed by atoms with Crippen molar-refractivity contribution in [2.45, 2.75) is 17.0 Å². The normalized spacial score (nSPS) is 12.0. The number of fused-ring (bicyclic) bond motifs is 3. The highest BCUT2D eigenvalue weighted by atomic mass is 32.2. The SMILES string of the molecule is Cc1ccc(S(=O)(=O)N(C)C)cc1NC(=O)CSc1nnc2c(n1)[nH]c1ccccc12. The largest absolute Gasteiger partial charge is 0.338 e. The van der Waals surface area contributed by atoms with Gasteiger partial charge in [-0.05, 0) is 30.7 Å². The van der Waals surface area contributed by atoms with Gasteiger partial charge in [-0.25, -0.2) is 17.7 Å². The van der Waals surface area contributed by atoms with Crippen molar-refractivity contribution in [2.24, 2.45) is 0 Å². The number of nitrogens with one attached hydrogen (secondary N) is 2. The van der Waals surface area contributed by atoms with Crippen LogP contribution in [-0.4, -0.2) is 58.6 Å². The summed E-state index contributed by atoms with van der Waals surface area (Å²) < 4.78 is 25.8. The number of para-hydroxylation sites is 1. The van der Waals surface area contributed by atoms with Crippen LogP contribution in [0.1, 0.15) is 5.56 Å². The maximum atomic E-state index is 12.5. The van der Waals surface area contributed by atoms with Crippen LogP contribution in [0, 0.1) is 6.92 Å². The summed E-state index contributed by atoms with van der Waals surface area (Å²) >= 11 is 1.15. The molecule has 0 unspecified atom stereocenters. The second-order valence-electron chi connectivity index (χ2n) is 7.06. The summed E-state index contributed by atoms with van der Waals surface area (Å²) in [6, 6.07) is 12.4. The van der Waals surface area contributed by atoms with Crippen LogP contribution in [-0.2, 0) is 14.8 Å². The van der Waals surface area contributed by atoms with E-state index in [1.54, 1.807) is 13.0 Å². The summed E-state index contributed by atoms with van der Waals surface area (Å²) in [7, 11) is -0.673. The number of nitrogens with zero attached hydrogens (tertiary/aromatic N) is 4. The number of thioether (sulfide) groups is 1. The predicted octanol–water partition coefficient (Wildman–Crippen LogP) is 2.80. The molecule has 0 aliphatic carbocycles. The van der Waals surface area contributed by atoms with Crippen LogP contribution >= 0.6 is 11.8 Å². The van der Waals surface area contributed by atoms with E-state index in [4.69, 9.17) is 0 Å². The van der Waals surface area contributed by atoms with E-state index in [1.807, 2.05) is 24.3 Å². The standard InChI is InChI=1S/C20H20N6O3S2/c1-12-8-9-13(31(28,29)26(2)3)10-16(12)21-17(27)11-30-20-23-19-18(24-25-20)14-6-4-5-7-15(14)22-19/h4-10H,11H2,1-3H3,(H,21,27)(H,22,23,25). The molecule has 0 aliphatic rings. The van der Waals surface area contributed by atoms with E-state index in [-0.39, 0.29) is 16.6 Å². The summed E-state index contributed by atoms with van der Waals surface area (Å²) in [5.74, 6) is -0.245. The lowest BCUT2D eigenvalue weighted by molar-refractivity contribution is -0.113. The molecule has 0 saturated carbocycles. The monoisotopic (exact) mass is 456 g/mol. The first-order chi connectivity index (χ1) is 14.8. The number of hydrogen-bond acceptors (Lipinski definition) is 7. The highest BCUT2D eigenvalue weighted by Crippen LogP contribution is 2.24. The molecule has 0 atom stereocenters. The highest BCUT2D eigenvalue weighted by molar-refractivity contribution is 7.99. The van der Waals surface area contributed by atoms with E-state index in [9.17, 15) is 13.2 Å². The topological polar surface area (TPSA) is 121 Å². The zero-order valence-corrected chi connectivity index (χ0v) is 18.7. The molecule has 0 bridgehead atoms. The van der Waals surface area contributed by atoms with E-state index in [0.717, 1.165) is 32.5 Å². The van der Waals surface area contributed by atoms with Gasteiger partial charge in [0.15, 0.2) is 5.65 Å². The third kappa shape index (κ3) is 4.24. The fourth-order valence-electron chi connectivity index (χ4n) is 2.99.